The molecule has 0 radical (unpaired) electrons. The Morgan fingerprint density at radius 3 is 2.66 bits per heavy atom. The normalized spacial score (nSPS) is 23.5. The van der Waals surface area contributed by atoms with Crippen molar-refractivity contribution in [1.82, 2.24) is 4.90 Å². The summed E-state index contributed by atoms with van der Waals surface area (Å²) in [6, 6.07) is 9.72. The number of carbonyl (C=O) groups excluding carboxylic acids is 1. The Balaban J connectivity index is 1.53. The third kappa shape index (κ3) is 4.10. The first-order valence-corrected chi connectivity index (χ1v) is 9.99. The predicted octanol–water partition coefficient (Wildman–Crippen LogP) is 3.93. The van der Waals surface area contributed by atoms with Crippen molar-refractivity contribution in [3.05, 3.63) is 57.2 Å². The van der Waals surface area contributed by atoms with Crippen molar-refractivity contribution in [3.8, 4) is 11.3 Å². The Morgan fingerprint density at radius 2 is 1.93 bits per heavy atom. The number of furan rings is 1. The zero-order chi connectivity index (χ0) is 20.5. The van der Waals surface area contributed by atoms with Crippen molar-refractivity contribution in [2.75, 3.05) is 13.1 Å². The minimum atomic E-state index is -0.448. The summed E-state index contributed by atoms with van der Waals surface area (Å²) in [5.74, 6) is 0.492. The molecule has 1 fully saturated rings. The quantitative estimate of drug-likeness (QED) is 0.427. The van der Waals surface area contributed by atoms with Gasteiger partial charge in [0.1, 0.15) is 11.5 Å². The van der Waals surface area contributed by atoms with Gasteiger partial charge in [0, 0.05) is 25.2 Å². The largest absolute Gasteiger partial charge is 0.456 e. The lowest BCUT2D eigenvalue weighted by Gasteiger charge is -2.35. The van der Waals surface area contributed by atoms with Crippen LogP contribution in [-0.4, -0.2) is 46.2 Å². The molecule has 2 atom stereocenters. The number of morpholine rings is 1. The maximum absolute atomic E-state index is 12.3. The summed E-state index contributed by atoms with van der Waals surface area (Å²) in [7, 11) is 0. The predicted molar refractivity (Wildman–Crippen MR) is 110 cm³/mol. The Morgan fingerprint density at radius 1 is 1.21 bits per heavy atom. The topological polar surface area (TPSA) is 98.2 Å². The lowest BCUT2D eigenvalue weighted by Crippen LogP contribution is -2.47. The minimum Gasteiger partial charge on any atom is -0.456 e. The van der Waals surface area contributed by atoms with Gasteiger partial charge in [-0.1, -0.05) is 12.1 Å². The molecule has 29 heavy (non-hydrogen) atoms. The van der Waals surface area contributed by atoms with Crippen LogP contribution in [0.15, 0.2) is 50.7 Å². The number of aliphatic imine (C=N–C) groups is 1. The summed E-state index contributed by atoms with van der Waals surface area (Å²) < 4.78 is 11.5. The molecule has 0 saturated carbocycles. The molecule has 1 aromatic carbocycles. The second kappa shape index (κ2) is 7.84. The highest BCUT2D eigenvalue weighted by Gasteiger charge is 2.31. The van der Waals surface area contributed by atoms with Crippen LogP contribution >= 0.6 is 11.8 Å². The van der Waals surface area contributed by atoms with Gasteiger partial charge in [-0.25, -0.2) is 0 Å². The monoisotopic (exact) mass is 413 g/mol. The first-order valence-electron chi connectivity index (χ1n) is 9.17. The van der Waals surface area contributed by atoms with Gasteiger partial charge in [-0.3, -0.25) is 14.9 Å². The van der Waals surface area contributed by atoms with Gasteiger partial charge in [-0.15, -0.1) is 0 Å². The van der Waals surface area contributed by atoms with Crippen molar-refractivity contribution in [2.24, 2.45) is 4.99 Å². The maximum Gasteiger partial charge on any atom is 0.286 e. The standard InChI is InChI=1S/C20H19N3O5S/c1-12-10-22(11-13(2)27-12)20-21-19(24)18(29-20)9-14-7-8-17(28-14)15-5-3-4-6-16(15)23(25)26/h3-9,12-13H,10-11H2,1-2H3/b18-9+/t12-,13-/m1/s1. The molecule has 0 aliphatic carbocycles. The number of ether oxygens (including phenoxy) is 1. The molecule has 0 spiro atoms. The molecular formula is C20H19N3O5S. The lowest BCUT2D eigenvalue weighted by molar-refractivity contribution is -0.384. The van der Waals surface area contributed by atoms with E-state index in [1.807, 2.05) is 13.8 Å². The van der Waals surface area contributed by atoms with Crippen LogP contribution in [0.25, 0.3) is 17.4 Å². The van der Waals surface area contributed by atoms with Crippen LogP contribution in [0.4, 0.5) is 5.69 Å². The zero-order valence-corrected chi connectivity index (χ0v) is 16.7. The van der Waals surface area contributed by atoms with Crippen LogP contribution in [0.3, 0.4) is 0 Å². The van der Waals surface area contributed by atoms with Crippen LogP contribution in [0.5, 0.6) is 0 Å². The molecule has 9 heteroatoms. The number of hydrogen-bond donors (Lipinski definition) is 0. The highest BCUT2D eigenvalue weighted by Crippen LogP contribution is 2.34. The number of nitro groups is 1. The third-order valence-electron chi connectivity index (χ3n) is 4.57. The second-order valence-corrected chi connectivity index (χ2v) is 7.96. The molecule has 150 valence electrons. The summed E-state index contributed by atoms with van der Waals surface area (Å²) in [5.41, 5.74) is 0.356. The van der Waals surface area contributed by atoms with Gasteiger partial charge in [0.25, 0.3) is 11.6 Å². The zero-order valence-electron chi connectivity index (χ0n) is 15.9. The number of nitrogens with zero attached hydrogens (tertiary/aromatic N) is 3. The first kappa shape index (κ1) is 19.4. The van der Waals surface area contributed by atoms with Crippen LogP contribution < -0.4 is 0 Å². The third-order valence-corrected chi connectivity index (χ3v) is 5.61. The summed E-state index contributed by atoms with van der Waals surface area (Å²) in [6.45, 7) is 5.35. The Kier molecular flexibility index (Phi) is 5.25. The van der Waals surface area contributed by atoms with Crippen molar-refractivity contribution in [1.29, 1.82) is 0 Å². The molecule has 1 saturated heterocycles. The van der Waals surface area contributed by atoms with E-state index in [0.29, 0.717) is 40.2 Å². The van der Waals surface area contributed by atoms with Gasteiger partial charge in [0.05, 0.1) is 27.6 Å². The van der Waals surface area contributed by atoms with E-state index in [-0.39, 0.29) is 23.8 Å². The highest BCUT2D eigenvalue weighted by molar-refractivity contribution is 8.18. The number of nitro benzene ring substituents is 1. The highest BCUT2D eigenvalue weighted by atomic mass is 32.2. The molecule has 3 heterocycles. The summed E-state index contributed by atoms with van der Waals surface area (Å²) in [4.78, 5) is 29.8. The number of carbonyl (C=O) groups is 1. The second-order valence-electron chi connectivity index (χ2n) is 6.95. The van der Waals surface area contributed by atoms with Crippen LogP contribution in [0.2, 0.25) is 0 Å². The van der Waals surface area contributed by atoms with Gasteiger partial charge >= 0.3 is 0 Å². The van der Waals surface area contributed by atoms with E-state index in [1.165, 1.54) is 17.8 Å². The number of hydrogen-bond acceptors (Lipinski definition) is 7. The Hall–Kier alpha value is -2.91. The molecule has 0 unspecified atom stereocenters. The smallest absolute Gasteiger partial charge is 0.286 e. The van der Waals surface area contributed by atoms with E-state index in [1.54, 1.807) is 36.4 Å². The van der Waals surface area contributed by atoms with Gasteiger partial charge in [-0.2, -0.15) is 4.99 Å². The van der Waals surface area contributed by atoms with Crippen molar-refractivity contribution in [3.63, 3.8) is 0 Å². The SMILES string of the molecule is C[C@@H]1CN(C2=NC(=O)/C(=C\c3ccc(-c4ccccc4[N+](=O)[O-])o3)S2)C[C@@H](C)O1. The molecule has 0 bridgehead atoms. The Bertz CT molecular complexity index is 1020. The van der Waals surface area contributed by atoms with Gasteiger partial charge in [0.2, 0.25) is 0 Å². The summed E-state index contributed by atoms with van der Waals surface area (Å²) in [5, 5.41) is 11.9. The van der Waals surface area contributed by atoms with Crippen molar-refractivity contribution < 1.29 is 18.9 Å². The van der Waals surface area contributed by atoms with Crippen LogP contribution in [0, 0.1) is 10.1 Å². The molecule has 4 rings (SSSR count). The lowest BCUT2D eigenvalue weighted by atomic mass is 10.1. The first-order chi connectivity index (χ1) is 13.9. The van der Waals surface area contributed by atoms with E-state index >= 15 is 0 Å². The van der Waals surface area contributed by atoms with Gasteiger partial charge < -0.3 is 14.1 Å². The van der Waals surface area contributed by atoms with Crippen molar-refractivity contribution in [2.45, 2.75) is 26.1 Å². The van der Waals surface area contributed by atoms with E-state index in [9.17, 15) is 14.9 Å². The van der Waals surface area contributed by atoms with Crippen LogP contribution in [-0.2, 0) is 9.53 Å². The van der Waals surface area contributed by atoms with E-state index in [4.69, 9.17) is 9.15 Å². The average Bonchev–Trinajstić information content (AvgIpc) is 3.28. The molecule has 2 aliphatic heterocycles. The minimum absolute atomic E-state index is 0.0338. The van der Waals surface area contributed by atoms with E-state index in [0.717, 1.165) is 0 Å². The molecule has 8 nitrogen and oxygen atoms in total. The maximum atomic E-state index is 12.3. The molecule has 1 aromatic heterocycles. The van der Waals surface area contributed by atoms with Crippen molar-refractivity contribution >= 4 is 34.6 Å². The van der Waals surface area contributed by atoms with Gasteiger partial charge in [0.15, 0.2) is 5.17 Å². The van der Waals surface area contributed by atoms with E-state index < -0.39 is 4.92 Å². The molecule has 2 aliphatic rings. The number of rotatable bonds is 3. The van der Waals surface area contributed by atoms with Gasteiger partial charge in [-0.05, 0) is 43.8 Å². The fraction of sp³-hybridized carbons (Fsp3) is 0.300. The van der Waals surface area contributed by atoms with Crippen LogP contribution in [0.1, 0.15) is 19.6 Å². The average molecular weight is 413 g/mol. The number of amides is 1. The number of benzene rings is 1. The summed E-state index contributed by atoms with van der Waals surface area (Å²) in [6.07, 6.45) is 1.76. The number of amidine groups is 1. The molecule has 0 N–H and O–H groups in total. The van der Waals surface area contributed by atoms with E-state index in [2.05, 4.69) is 9.89 Å². The number of para-hydroxylation sites is 1. The molecular weight excluding hydrogens is 394 g/mol. The Labute approximate surface area is 171 Å². The fourth-order valence-electron chi connectivity index (χ4n) is 3.41. The fourth-order valence-corrected chi connectivity index (χ4v) is 4.32. The molecule has 2 aromatic rings. The summed E-state index contributed by atoms with van der Waals surface area (Å²) >= 11 is 1.30. The number of thioether (sulfide) groups is 1. The molecule has 1 amide bonds.